The fourth-order valence-electron chi connectivity index (χ4n) is 2.71. The fraction of sp³-hybridized carbons (Fsp3) is 0.562. The highest BCUT2D eigenvalue weighted by Crippen LogP contribution is 2.18. The van der Waals surface area contributed by atoms with Crippen LogP contribution in [0.3, 0.4) is 0 Å². The molecule has 21 heavy (non-hydrogen) atoms. The molecule has 1 heterocycles. The Morgan fingerprint density at radius 3 is 2.67 bits per heavy atom. The average Bonchev–Trinajstić information content (AvgIpc) is 2.46. The van der Waals surface area contributed by atoms with Crippen molar-refractivity contribution in [2.45, 2.75) is 26.3 Å². The van der Waals surface area contributed by atoms with E-state index >= 15 is 0 Å². The molecule has 0 saturated carbocycles. The molecule has 0 bridgehead atoms. The number of benzene rings is 1. The SMILES string of the molecule is CCN(C(=O)CN1CCC(C)C(N)C1)c1ccc(F)cc1. The van der Waals surface area contributed by atoms with E-state index < -0.39 is 0 Å². The molecule has 1 aliphatic rings. The van der Waals surface area contributed by atoms with Crippen molar-refractivity contribution in [3.63, 3.8) is 0 Å². The second-order valence-electron chi connectivity index (χ2n) is 5.78. The van der Waals surface area contributed by atoms with E-state index in [0.717, 1.165) is 25.2 Å². The molecular formula is C16H24FN3O. The van der Waals surface area contributed by atoms with Gasteiger partial charge in [0.05, 0.1) is 6.54 Å². The lowest BCUT2D eigenvalue weighted by atomic mass is 9.94. The summed E-state index contributed by atoms with van der Waals surface area (Å²) in [5.41, 5.74) is 6.81. The van der Waals surface area contributed by atoms with Crippen LogP contribution in [0.5, 0.6) is 0 Å². The molecule has 0 aromatic heterocycles. The van der Waals surface area contributed by atoms with Gasteiger partial charge in [0.1, 0.15) is 5.82 Å². The van der Waals surface area contributed by atoms with Gasteiger partial charge >= 0.3 is 0 Å². The van der Waals surface area contributed by atoms with Crippen molar-refractivity contribution in [1.29, 1.82) is 0 Å². The Kier molecular flexibility index (Phi) is 5.31. The summed E-state index contributed by atoms with van der Waals surface area (Å²) in [4.78, 5) is 16.3. The van der Waals surface area contributed by atoms with Crippen LogP contribution in [0.2, 0.25) is 0 Å². The van der Waals surface area contributed by atoms with Crippen molar-refractivity contribution < 1.29 is 9.18 Å². The lowest BCUT2D eigenvalue weighted by Gasteiger charge is -2.35. The topological polar surface area (TPSA) is 49.6 Å². The molecule has 2 unspecified atom stereocenters. The van der Waals surface area contributed by atoms with Gasteiger partial charge in [0.25, 0.3) is 0 Å². The third-order valence-electron chi connectivity index (χ3n) is 4.22. The molecule has 1 aliphatic heterocycles. The van der Waals surface area contributed by atoms with Crippen molar-refractivity contribution in [3.8, 4) is 0 Å². The molecule has 5 heteroatoms. The van der Waals surface area contributed by atoms with Crippen LogP contribution in [0.1, 0.15) is 20.3 Å². The number of hydrogen-bond acceptors (Lipinski definition) is 3. The highest BCUT2D eigenvalue weighted by molar-refractivity contribution is 5.94. The predicted octanol–water partition coefficient (Wildman–Crippen LogP) is 1.85. The van der Waals surface area contributed by atoms with Crippen LogP contribution in [0.4, 0.5) is 10.1 Å². The lowest BCUT2D eigenvalue weighted by molar-refractivity contribution is -0.120. The third-order valence-corrected chi connectivity index (χ3v) is 4.22. The van der Waals surface area contributed by atoms with Gasteiger partial charge in [0, 0.05) is 24.8 Å². The van der Waals surface area contributed by atoms with E-state index in [0.29, 0.717) is 19.0 Å². The van der Waals surface area contributed by atoms with Crippen LogP contribution in [-0.4, -0.2) is 43.0 Å². The van der Waals surface area contributed by atoms with E-state index in [1.165, 1.54) is 12.1 Å². The first-order valence-electron chi connectivity index (χ1n) is 7.55. The number of carbonyl (C=O) groups is 1. The van der Waals surface area contributed by atoms with Gasteiger partial charge in [-0.3, -0.25) is 9.69 Å². The van der Waals surface area contributed by atoms with Crippen molar-refractivity contribution in [2.75, 3.05) is 31.1 Å². The van der Waals surface area contributed by atoms with E-state index in [9.17, 15) is 9.18 Å². The minimum Gasteiger partial charge on any atom is -0.326 e. The molecule has 1 saturated heterocycles. The highest BCUT2D eigenvalue weighted by Gasteiger charge is 2.25. The maximum atomic E-state index is 13.0. The van der Waals surface area contributed by atoms with Crippen molar-refractivity contribution in [2.24, 2.45) is 11.7 Å². The second kappa shape index (κ2) is 7.00. The zero-order valence-corrected chi connectivity index (χ0v) is 12.8. The number of rotatable bonds is 4. The van der Waals surface area contributed by atoms with Crippen LogP contribution < -0.4 is 10.6 Å². The van der Waals surface area contributed by atoms with Gasteiger partial charge in [-0.25, -0.2) is 4.39 Å². The number of anilines is 1. The van der Waals surface area contributed by atoms with Crippen molar-refractivity contribution in [3.05, 3.63) is 30.1 Å². The predicted molar refractivity (Wildman–Crippen MR) is 82.6 cm³/mol. The molecule has 1 aromatic carbocycles. The summed E-state index contributed by atoms with van der Waals surface area (Å²) in [6.45, 7) is 6.67. The van der Waals surface area contributed by atoms with Gasteiger partial charge in [-0.1, -0.05) is 6.92 Å². The summed E-state index contributed by atoms with van der Waals surface area (Å²) in [7, 11) is 0. The quantitative estimate of drug-likeness (QED) is 0.921. The maximum Gasteiger partial charge on any atom is 0.241 e. The molecule has 1 fully saturated rings. The van der Waals surface area contributed by atoms with Crippen LogP contribution in [0.15, 0.2) is 24.3 Å². The van der Waals surface area contributed by atoms with Crippen LogP contribution >= 0.6 is 0 Å². The molecule has 1 aromatic rings. The molecule has 1 amide bonds. The first-order valence-corrected chi connectivity index (χ1v) is 7.55. The molecule has 2 atom stereocenters. The third kappa shape index (κ3) is 4.02. The van der Waals surface area contributed by atoms with Gasteiger partial charge in [-0.2, -0.15) is 0 Å². The number of amides is 1. The van der Waals surface area contributed by atoms with Crippen LogP contribution in [0.25, 0.3) is 0 Å². The number of piperidine rings is 1. The number of halogens is 1. The Balaban J connectivity index is 1.99. The molecule has 0 radical (unpaired) electrons. The standard InChI is InChI=1S/C16H24FN3O/c1-3-20(14-6-4-13(17)5-7-14)16(21)11-19-9-8-12(2)15(18)10-19/h4-7,12,15H,3,8-11,18H2,1-2H3. The molecule has 2 rings (SSSR count). The molecule has 0 spiro atoms. The molecule has 0 aliphatic carbocycles. The first kappa shape index (κ1) is 15.9. The van der Waals surface area contributed by atoms with E-state index in [1.54, 1.807) is 17.0 Å². The normalized spacial score (nSPS) is 23.0. The zero-order chi connectivity index (χ0) is 15.4. The Hall–Kier alpha value is -1.46. The van der Waals surface area contributed by atoms with Crippen LogP contribution in [-0.2, 0) is 4.79 Å². The first-order chi connectivity index (χ1) is 10.0. The minimum atomic E-state index is -0.293. The summed E-state index contributed by atoms with van der Waals surface area (Å²) < 4.78 is 13.0. The Morgan fingerprint density at radius 2 is 2.10 bits per heavy atom. The number of likely N-dealkylation sites (tertiary alicyclic amines) is 1. The molecular weight excluding hydrogens is 269 g/mol. The minimum absolute atomic E-state index is 0.0332. The summed E-state index contributed by atoms with van der Waals surface area (Å²) in [5.74, 6) is 0.250. The van der Waals surface area contributed by atoms with Gasteiger partial charge in [-0.15, -0.1) is 0 Å². The second-order valence-corrected chi connectivity index (χ2v) is 5.78. The Morgan fingerprint density at radius 1 is 1.43 bits per heavy atom. The highest BCUT2D eigenvalue weighted by atomic mass is 19.1. The number of hydrogen-bond donors (Lipinski definition) is 1. The van der Waals surface area contributed by atoms with Crippen LogP contribution in [0, 0.1) is 11.7 Å². The van der Waals surface area contributed by atoms with Gasteiger partial charge in [0.15, 0.2) is 0 Å². The summed E-state index contributed by atoms with van der Waals surface area (Å²) >= 11 is 0. The lowest BCUT2D eigenvalue weighted by Crippen LogP contribution is -2.51. The Bertz CT molecular complexity index is 477. The molecule has 116 valence electrons. The average molecular weight is 293 g/mol. The van der Waals surface area contributed by atoms with Crippen molar-refractivity contribution >= 4 is 11.6 Å². The number of nitrogens with two attached hydrogens (primary N) is 1. The maximum absolute atomic E-state index is 13.0. The zero-order valence-electron chi connectivity index (χ0n) is 12.8. The number of nitrogens with zero attached hydrogens (tertiary/aromatic N) is 2. The van der Waals surface area contributed by atoms with Gasteiger partial charge < -0.3 is 10.6 Å². The number of carbonyl (C=O) groups excluding carboxylic acids is 1. The van der Waals surface area contributed by atoms with E-state index in [2.05, 4.69) is 11.8 Å². The summed E-state index contributed by atoms with van der Waals surface area (Å²) in [6, 6.07) is 6.17. The smallest absolute Gasteiger partial charge is 0.241 e. The molecule has 2 N–H and O–H groups in total. The summed E-state index contributed by atoms with van der Waals surface area (Å²) in [5, 5.41) is 0. The Labute approximate surface area is 125 Å². The van der Waals surface area contributed by atoms with Gasteiger partial charge in [-0.05, 0) is 50.1 Å². The van der Waals surface area contributed by atoms with Crippen molar-refractivity contribution in [1.82, 2.24) is 4.90 Å². The number of likely N-dealkylation sites (N-methyl/N-ethyl adjacent to an activating group) is 1. The monoisotopic (exact) mass is 293 g/mol. The summed E-state index contributed by atoms with van der Waals surface area (Å²) in [6.07, 6.45) is 1.02. The van der Waals surface area contributed by atoms with E-state index in [4.69, 9.17) is 5.73 Å². The fourth-order valence-corrected chi connectivity index (χ4v) is 2.71. The largest absolute Gasteiger partial charge is 0.326 e. The van der Waals surface area contributed by atoms with E-state index in [-0.39, 0.29) is 17.8 Å². The molecule has 4 nitrogen and oxygen atoms in total. The van der Waals surface area contributed by atoms with Gasteiger partial charge in [0.2, 0.25) is 5.91 Å². The van der Waals surface area contributed by atoms with E-state index in [1.807, 2.05) is 6.92 Å².